The molecule has 1 aromatic heterocycles. The van der Waals surface area contributed by atoms with E-state index < -0.39 is 0 Å². The first-order valence-corrected chi connectivity index (χ1v) is 4.71. The third-order valence-electron chi connectivity index (χ3n) is 2.41. The fourth-order valence-corrected chi connectivity index (χ4v) is 1.56. The highest BCUT2D eigenvalue weighted by molar-refractivity contribution is 5.13. The van der Waals surface area contributed by atoms with E-state index in [4.69, 9.17) is 4.74 Å². The summed E-state index contributed by atoms with van der Waals surface area (Å²) in [7, 11) is 0. The molecule has 0 aromatic carbocycles. The lowest BCUT2D eigenvalue weighted by Gasteiger charge is -2.31. The smallest absolute Gasteiger partial charge is 0.0988 e. The van der Waals surface area contributed by atoms with Gasteiger partial charge >= 0.3 is 0 Å². The van der Waals surface area contributed by atoms with E-state index in [2.05, 4.69) is 36.6 Å². The van der Waals surface area contributed by atoms with Gasteiger partial charge in [-0.1, -0.05) is 20.8 Å². The summed E-state index contributed by atoms with van der Waals surface area (Å²) in [5.41, 5.74) is 1.47. The summed E-state index contributed by atoms with van der Waals surface area (Å²) >= 11 is 0. The molecular formula is C10H16N2O. The molecule has 0 unspecified atom stereocenters. The van der Waals surface area contributed by atoms with E-state index in [1.807, 2.05) is 6.20 Å². The molecule has 0 N–H and O–H groups in total. The van der Waals surface area contributed by atoms with Crippen LogP contribution in [0.2, 0.25) is 0 Å². The number of hydrogen-bond donors (Lipinski definition) is 0. The fourth-order valence-electron chi connectivity index (χ4n) is 1.56. The molecule has 1 aliphatic heterocycles. The Bertz CT molecular complexity index is 294. The van der Waals surface area contributed by atoms with Gasteiger partial charge in [-0.15, -0.1) is 0 Å². The highest BCUT2D eigenvalue weighted by Gasteiger charge is 2.27. The van der Waals surface area contributed by atoms with Gasteiger partial charge in [0.05, 0.1) is 19.3 Å². The maximum Gasteiger partial charge on any atom is 0.0988 e. The van der Waals surface area contributed by atoms with Crippen molar-refractivity contribution in [3.63, 3.8) is 0 Å². The minimum Gasteiger partial charge on any atom is -0.377 e. The number of aromatic nitrogens is 2. The second kappa shape index (κ2) is 2.84. The zero-order valence-electron chi connectivity index (χ0n) is 8.45. The largest absolute Gasteiger partial charge is 0.377 e. The monoisotopic (exact) mass is 180 g/mol. The predicted octanol–water partition coefficient (Wildman–Crippen LogP) is 1.75. The van der Waals surface area contributed by atoms with Crippen molar-refractivity contribution < 1.29 is 4.74 Å². The van der Waals surface area contributed by atoms with Crippen molar-refractivity contribution in [2.45, 2.75) is 32.2 Å². The quantitative estimate of drug-likeness (QED) is 0.658. The Balaban J connectivity index is 2.30. The molecule has 0 radical (unpaired) electrons. The van der Waals surface area contributed by atoms with Gasteiger partial charge in [0.15, 0.2) is 0 Å². The van der Waals surface area contributed by atoms with Gasteiger partial charge in [0.2, 0.25) is 0 Å². The third kappa shape index (κ3) is 1.48. The Hall–Kier alpha value is -0.830. The zero-order valence-corrected chi connectivity index (χ0v) is 8.45. The summed E-state index contributed by atoms with van der Waals surface area (Å²) in [6.07, 6.45) is 1.87. The van der Waals surface area contributed by atoms with E-state index in [-0.39, 0.29) is 5.41 Å². The number of hydrogen-bond acceptors (Lipinski definition) is 2. The maximum absolute atomic E-state index is 5.17. The van der Waals surface area contributed by atoms with Crippen LogP contribution in [0.3, 0.4) is 0 Å². The molecule has 0 atom stereocenters. The van der Waals surface area contributed by atoms with Crippen LogP contribution in [0, 0.1) is 0 Å². The molecule has 3 heteroatoms. The van der Waals surface area contributed by atoms with Gasteiger partial charge in [-0.05, 0) is 6.07 Å². The molecule has 1 aromatic rings. The van der Waals surface area contributed by atoms with Gasteiger partial charge in [-0.2, -0.15) is 5.10 Å². The van der Waals surface area contributed by atoms with Crippen molar-refractivity contribution in [1.29, 1.82) is 0 Å². The lowest BCUT2D eigenvalue weighted by molar-refractivity contribution is -0.0307. The van der Waals surface area contributed by atoms with Gasteiger partial charge < -0.3 is 4.74 Å². The molecule has 0 bridgehead atoms. The van der Waals surface area contributed by atoms with Crippen molar-refractivity contribution in [2.75, 3.05) is 13.2 Å². The molecule has 0 spiro atoms. The van der Waals surface area contributed by atoms with Crippen LogP contribution >= 0.6 is 0 Å². The van der Waals surface area contributed by atoms with Crippen LogP contribution < -0.4 is 0 Å². The van der Waals surface area contributed by atoms with Crippen molar-refractivity contribution in [3.8, 4) is 0 Å². The van der Waals surface area contributed by atoms with Crippen LogP contribution in [0.25, 0.3) is 0 Å². The highest BCUT2D eigenvalue weighted by atomic mass is 16.5. The zero-order chi connectivity index (χ0) is 9.47. The molecule has 0 amide bonds. The number of nitrogens with zero attached hydrogens (tertiary/aromatic N) is 2. The molecule has 1 fully saturated rings. The average molecular weight is 180 g/mol. The van der Waals surface area contributed by atoms with Crippen LogP contribution in [0.15, 0.2) is 12.3 Å². The normalized spacial score (nSPS) is 18.7. The minimum atomic E-state index is 0.173. The SMILES string of the molecule is CC(C)(C)c1ccnn1C1COC1. The lowest BCUT2D eigenvalue weighted by atomic mass is 9.92. The van der Waals surface area contributed by atoms with E-state index in [0.29, 0.717) is 6.04 Å². The summed E-state index contributed by atoms with van der Waals surface area (Å²) in [5.74, 6) is 0. The standard InChI is InChI=1S/C10H16N2O/c1-10(2,3)9-4-5-11-12(9)8-6-13-7-8/h4-5,8H,6-7H2,1-3H3. The number of ether oxygens (including phenoxy) is 1. The van der Waals surface area contributed by atoms with Crippen LogP contribution in [0.5, 0.6) is 0 Å². The minimum absolute atomic E-state index is 0.173. The lowest BCUT2D eigenvalue weighted by Crippen LogP contribution is -2.34. The van der Waals surface area contributed by atoms with Crippen LogP contribution in [-0.2, 0) is 10.2 Å². The van der Waals surface area contributed by atoms with Crippen LogP contribution in [0.1, 0.15) is 32.5 Å². The summed E-state index contributed by atoms with van der Waals surface area (Å²) in [5, 5.41) is 4.34. The summed E-state index contributed by atoms with van der Waals surface area (Å²) in [4.78, 5) is 0. The molecular weight excluding hydrogens is 164 g/mol. The molecule has 1 saturated heterocycles. The second-order valence-corrected chi connectivity index (χ2v) is 4.60. The second-order valence-electron chi connectivity index (χ2n) is 4.60. The Morgan fingerprint density at radius 1 is 1.46 bits per heavy atom. The summed E-state index contributed by atoms with van der Waals surface area (Å²) in [6.45, 7) is 8.25. The molecule has 72 valence electrons. The molecule has 1 aliphatic rings. The van der Waals surface area contributed by atoms with Crippen molar-refractivity contribution >= 4 is 0 Å². The average Bonchev–Trinajstić information content (AvgIpc) is 2.29. The first-order chi connectivity index (χ1) is 6.09. The van der Waals surface area contributed by atoms with E-state index >= 15 is 0 Å². The Labute approximate surface area is 78.7 Å². The van der Waals surface area contributed by atoms with Gasteiger partial charge in [0.25, 0.3) is 0 Å². The van der Waals surface area contributed by atoms with Gasteiger partial charge in [-0.3, -0.25) is 4.68 Å². The molecule has 0 aliphatic carbocycles. The van der Waals surface area contributed by atoms with E-state index in [9.17, 15) is 0 Å². The summed E-state index contributed by atoms with van der Waals surface area (Å²) in [6, 6.07) is 2.56. The Kier molecular flexibility index (Phi) is 1.91. The van der Waals surface area contributed by atoms with Crippen molar-refractivity contribution in [3.05, 3.63) is 18.0 Å². The predicted molar refractivity (Wildman–Crippen MR) is 50.8 cm³/mol. The number of rotatable bonds is 1. The molecule has 2 rings (SSSR count). The molecule has 2 heterocycles. The Morgan fingerprint density at radius 2 is 2.15 bits per heavy atom. The third-order valence-corrected chi connectivity index (χ3v) is 2.41. The van der Waals surface area contributed by atoms with Crippen LogP contribution in [-0.4, -0.2) is 23.0 Å². The maximum atomic E-state index is 5.17. The first kappa shape index (κ1) is 8.75. The van der Waals surface area contributed by atoms with Gasteiger partial charge in [0, 0.05) is 17.3 Å². The van der Waals surface area contributed by atoms with Crippen LogP contribution in [0.4, 0.5) is 0 Å². The van der Waals surface area contributed by atoms with Gasteiger partial charge in [-0.25, -0.2) is 0 Å². The van der Waals surface area contributed by atoms with Crippen molar-refractivity contribution in [2.24, 2.45) is 0 Å². The van der Waals surface area contributed by atoms with Gasteiger partial charge in [0.1, 0.15) is 0 Å². The topological polar surface area (TPSA) is 27.1 Å². The van der Waals surface area contributed by atoms with Crippen molar-refractivity contribution in [1.82, 2.24) is 9.78 Å². The molecule has 3 nitrogen and oxygen atoms in total. The van der Waals surface area contributed by atoms with E-state index in [1.54, 1.807) is 0 Å². The van der Waals surface area contributed by atoms with E-state index in [0.717, 1.165) is 13.2 Å². The fraction of sp³-hybridized carbons (Fsp3) is 0.700. The highest BCUT2D eigenvalue weighted by Crippen LogP contribution is 2.26. The first-order valence-electron chi connectivity index (χ1n) is 4.71. The molecule has 0 saturated carbocycles. The summed E-state index contributed by atoms with van der Waals surface area (Å²) < 4.78 is 7.27. The molecule has 13 heavy (non-hydrogen) atoms. The van der Waals surface area contributed by atoms with E-state index in [1.165, 1.54) is 5.69 Å². The Morgan fingerprint density at radius 3 is 2.62 bits per heavy atom.